The van der Waals surface area contributed by atoms with Crippen LogP contribution in [-0.2, 0) is 16.1 Å². The van der Waals surface area contributed by atoms with Gasteiger partial charge in [0.05, 0.1) is 49.7 Å². The monoisotopic (exact) mass is 791 g/mol. The minimum atomic E-state index is -0.798. The Morgan fingerprint density at radius 2 is 1.33 bits per heavy atom. The molecule has 57 heavy (non-hydrogen) atoms. The number of methoxy groups -OCH3 is 1. The maximum Gasteiger partial charge on any atom is 0.412 e. The average molecular weight is 792 g/mol. The van der Waals surface area contributed by atoms with E-state index in [4.69, 9.17) is 51.0 Å². The summed E-state index contributed by atoms with van der Waals surface area (Å²) in [7, 11) is 1.26. The molecular formula is C41H57N7O9. The van der Waals surface area contributed by atoms with E-state index in [1.165, 1.54) is 31.4 Å². The minimum Gasteiger partial charge on any atom is -0.493 e. The van der Waals surface area contributed by atoms with Crippen LogP contribution in [-0.4, -0.2) is 68.8 Å². The van der Waals surface area contributed by atoms with E-state index in [1.54, 1.807) is 20.8 Å². The van der Waals surface area contributed by atoms with E-state index in [-0.39, 0.29) is 83.7 Å². The van der Waals surface area contributed by atoms with Gasteiger partial charge in [-0.1, -0.05) is 43.2 Å². The highest BCUT2D eigenvalue weighted by Crippen LogP contribution is 2.38. The Morgan fingerprint density at radius 1 is 0.754 bits per heavy atom. The van der Waals surface area contributed by atoms with Crippen molar-refractivity contribution in [2.75, 3.05) is 44.1 Å². The summed E-state index contributed by atoms with van der Waals surface area (Å²) in [6, 6.07) is 13.6. The lowest BCUT2D eigenvalue weighted by Crippen LogP contribution is -2.27. The zero-order valence-electron chi connectivity index (χ0n) is 33.8. The van der Waals surface area contributed by atoms with Crippen molar-refractivity contribution in [3.05, 3.63) is 70.8 Å². The summed E-state index contributed by atoms with van der Waals surface area (Å²) in [4.78, 5) is 44.3. The highest BCUT2D eigenvalue weighted by Gasteiger charge is 2.25. The third kappa shape index (κ3) is 15.8. The van der Waals surface area contributed by atoms with Crippen molar-refractivity contribution in [2.24, 2.45) is 22.2 Å². The molecule has 0 aromatic heterocycles. The van der Waals surface area contributed by atoms with E-state index in [1.807, 2.05) is 38.1 Å². The zero-order chi connectivity index (χ0) is 42.0. The number of nitrogens with zero attached hydrogens (tertiary/aromatic N) is 1. The summed E-state index contributed by atoms with van der Waals surface area (Å²) in [5.74, 6) is -0.673. The number of ether oxygens (including phenoxy) is 6. The molecule has 3 aromatic carbocycles. The van der Waals surface area contributed by atoms with E-state index in [0.717, 1.165) is 24.0 Å². The van der Waals surface area contributed by atoms with Crippen LogP contribution in [0.2, 0.25) is 0 Å². The second kappa shape index (κ2) is 22.4. The molecule has 0 aliphatic carbocycles. The molecule has 2 amide bonds. The number of hydrogen-bond donors (Lipinski definition) is 6. The van der Waals surface area contributed by atoms with Crippen LogP contribution < -0.4 is 46.8 Å². The smallest absolute Gasteiger partial charge is 0.412 e. The lowest BCUT2D eigenvalue weighted by Gasteiger charge is -2.22. The highest BCUT2D eigenvalue weighted by molar-refractivity contribution is 6.08. The number of anilines is 2. The van der Waals surface area contributed by atoms with Gasteiger partial charge in [-0.3, -0.25) is 20.5 Å². The Hall–Kier alpha value is -6.19. The number of esters is 1. The Balaban J connectivity index is 2.13. The van der Waals surface area contributed by atoms with E-state index < -0.39 is 23.6 Å². The van der Waals surface area contributed by atoms with Crippen LogP contribution in [0.1, 0.15) is 98.1 Å². The summed E-state index contributed by atoms with van der Waals surface area (Å²) in [5.41, 5.74) is 18.2. The molecule has 0 unspecified atom stereocenters. The number of hydrogen-bond acceptors (Lipinski definition) is 11. The maximum absolute atomic E-state index is 14.4. The number of nitrogens with two attached hydrogens (primary N) is 3. The molecule has 0 saturated heterocycles. The van der Waals surface area contributed by atoms with Crippen LogP contribution in [0.15, 0.2) is 53.5 Å². The molecule has 16 heteroatoms. The number of carbonyl (C=O) groups is 3. The summed E-state index contributed by atoms with van der Waals surface area (Å²) in [6.07, 6.45) is 2.75. The highest BCUT2D eigenvalue weighted by atomic mass is 16.6. The van der Waals surface area contributed by atoms with Gasteiger partial charge in [0, 0.05) is 37.6 Å². The number of carbonyl (C=O) groups excluding carboxylic acids is 3. The molecule has 0 spiro atoms. The number of benzene rings is 3. The first kappa shape index (κ1) is 45.2. The van der Waals surface area contributed by atoms with Crippen molar-refractivity contribution in [1.29, 1.82) is 5.41 Å². The molecule has 0 radical (unpaired) electrons. The second-order valence-corrected chi connectivity index (χ2v) is 14.1. The van der Waals surface area contributed by atoms with Crippen molar-refractivity contribution in [3.63, 3.8) is 0 Å². The van der Waals surface area contributed by atoms with Gasteiger partial charge in [-0.05, 0) is 58.6 Å². The third-order valence-electron chi connectivity index (χ3n) is 7.92. The first-order valence-corrected chi connectivity index (χ1v) is 18.8. The SMILES string of the molecule is CCCCOc1cc(NC(=O)c2cc(OCc3ccc(C)cc3)c(NC(=O)OC(C)(C)C)cc2OCCCN=C(N)N)c(OCCCCC(=N)N)cc1C(=O)OC. The van der Waals surface area contributed by atoms with Crippen LogP contribution in [0, 0.1) is 12.3 Å². The Kier molecular flexibility index (Phi) is 17.8. The predicted octanol–water partition coefficient (Wildman–Crippen LogP) is 6.67. The van der Waals surface area contributed by atoms with Gasteiger partial charge in [0.1, 0.15) is 40.8 Å². The number of aliphatic imine (C=N–C) groups is 1. The van der Waals surface area contributed by atoms with Gasteiger partial charge in [-0.25, -0.2) is 9.59 Å². The van der Waals surface area contributed by atoms with E-state index in [9.17, 15) is 14.4 Å². The van der Waals surface area contributed by atoms with Crippen LogP contribution in [0.25, 0.3) is 0 Å². The van der Waals surface area contributed by atoms with Gasteiger partial charge in [0.15, 0.2) is 5.96 Å². The van der Waals surface area contributed by atoms with Crippen molar-refractivity contribution < 1.29 is 42.8 Å². The summed E-state index contributed by atoms with van der Waals surface area (Å²) >= 11 is 0. The fraction of sp³-hybridized carbons (Fsp3) is 0.439. The topological polar surface area (TPSA) is 245 Å². The lowest BCUT2D eigenvalue weighted by molar-refractivity contribution is 0.0593. The summed E-state index contributed by atoms with van der Waals surface area (Å²) in [6.45, 7) is 10.2. The van der Waals surface area contributed by atoms with E-state index >= 15 is 0 Å². The molecule has 0 heterocycles. The number of rotatable bonds is 22. The summed E-state index contributed by atoms with van der Waals surface area (Å²) < 4.78 is 35.0. The number of unbranched alkanes of at least 4 members (excludes halogenated alkanes) is 2. The Labute approximate surface area is 334 Å². The Morgan fingerprint density at radius 3 is 1.95 bits per heavy atom. The summed E-state index contributed by atoms with van der Waals surface area (Å²) in [5, 5.41) is 13.1. The quantitative estimate of drug-likeness (QED) is 0.0271. The van der Waals surface area contributed by atoms with Gasteiger partial charge >= 0.3 is 12.1 Å². The molecule has 0 aliphatic rings. The third-order valence-corrected chi connectivity index (χ3v) is 7.92. The van der Waals surface area contributed by atoms with E-state index in [0.29, 0.717) is 32.3 Å². The first-order chi connectivity index (χ1) is 27.1. The van der Waals surface area contributed by atoms with Gasteiger partial charge in [-0.2, -0.15) is 0 Å². The van der Waals surface area contributed by atoms with Crippen LogP contribution in [0.3, 0.4) is 0 Å². The Bertz CT molecular complexity index is 1850. The van der Waals surface area contributed by atoms with Gasteiger partial charge < -0.3 is 50.9 Å². The number of amides is 2. The molecule has 0 saturated carbocycles. The molecule has 0 bridgehead atoms. The predicted molar refractivity (Wildman–Crippen MR) is 220 cm³/mol. The first-order valence-electron chi connectivity index (χ1n) is 18.8. The number of aryl methyl sites for hydroxylation is 1. The fourth-order valence-electron chi connectivity index (χ4n) is 5.07. The normalized spacial score (nSPS) is 10.8. The van der Waals surface area contributed by atoms with Crippen molar-refractivity contribution >= 4 is 41.1 Å². The van der Waals surface area contributed by atoms with Gasteiger partial charge in [0.25, 0.3) is 5.91 Å². The minimum absolute atomic E-state index is 0.0448. The largest absolute Gasteiger partial charge is 0.493 e. The molecule has 16 nitrogen and oxygen atoms in total. The van der Waals surface area contributed by atoms with Crippen molar-refractivity contribution in [3.8, 4) is 23.0 Å². The lowest BCUT2D eigenvalue weighted by atomic mass is 10.1. The van der Waals surface area contributed by atoms with Gasteiger partial charge in [0.2, 0.25) is 0 Å². The molecule has 310 valence electrons. The maximum atomic E-state index is 14.4. The van der Waals surface area contributed by atoms with E-state index in [2.05, 4.69) is 15.6 Å². The second-order valence-electron chi connectivity index (χ2n) is 14.1. The number of amidine groups is 1. The average Bonchev–Trinajstić information content (AvgIpc) is 3.14. The van der Waals surface area contributed by atoms with Crippen molar-refractivity contribution in [2.45, 2.75) is 85.4 Å². The van der Waals surface area contributed by atoms with Gasteiger partial charge in [-0.15, -0.1) is 0 Å². The number of nitrogens with one attached hydrogen (secondary N) is 3. The number of guanidine groups is 1. The zero-order valence-corrected chi connectivity index (χ0v) is 33.8. The molecular weight excluding hydrogens is 734 g/mol. The molecule has 0 aliphatic heterocycles. The molecule has 9 N–H and O–H groups in total. The van der Waals surface area contributed by atoms with Crippen LogP contribution in [0.5, 0.6) is 23.0 Å². The molecule has 0 fully saturated rings. The van der Waals surface area contributed by atoms with Crippen LogP contribution >= 0.6 is 0 Å². The van der Waals surface area contributed by atoms with Crippen LogP contribution in [0.4, 0.5) is 16.2 Å². The fourth-order valence-corrected chi connectivity index (χ4v) is 5.07. The molecule has 3 rings (SSSR count). The molecule has 3 aromatic rings. The van der Waals surface area contributed by atoms with Crippen molar-refractivity contribution in [1.82, 2.24) is 0 Å². The molecule has 0 atom stereocenters. The standard InChI is InChI=1S/C41H57N7O9/c1-7-8-18-53-33-23-30(34(22-29(33)38(50)52-6)55-19-10-9-12-36(42)43)47-37(49)28-21-35(56-25-27-15-13-26(2)14-16-27)31(48-40(51)57-41(3,4)5)24-32(28)54-20-11-17-46-39(44)45/h13-16,21-24H,7-12,17-20,25H2,1-6H3,(H3,42,43)(H,47,49)(H,48,51)(H4,44,45,46).